The van der Waals surface area contributed by atoms with E-state index in [9.17, 15) is 0 Å². The summed E-state index contributed by atoms with van der Waals surface area (Å²) in [5, 5.41) is 12.3. The van der Waals surface area contributed by atoms with Gasteiger partial charge >= 0.3 is 0 Å². The maximum absolute atomic E-state index is 4.32. The molecule has 16 heavy (non-hydrogen) atoms. The molecule has 1 saturated heterocycles. The van der Waals surface area contributed by atoms with Crippen molar-refractivity contribution in [3.05, 3.63) is 11.6 Å². The molecule has 2 unspecified atom stereocenters. The molecule has 0 saturated carbocycles. The van der Waals surface area contributed by atoms with Crippen molar-refractivity contribution in [1.82, 2.24) is 20.1 Å². The van der Waals surface area contributed by atoms with Gasteiger partial charge in [0.1, 0.15) is 11.6 Å². The zero-order valence-electron chi connectivity index (χ0n) is 9.65. The molecule has 0 radical (unpaired) electrons. The van der Waals surface area contributed by atoms with Crippen LogP contribution in [0, 0.1) is 0 Å². The maximum atomic E-state index is 4.32. The van der Waals surface area contributed by atoms with Crippen LogP contribution in [-0.4, -0.2) is 32.3 Å². The first kappa shape index (κ1) is 10.6. The Kier molecular flexibility index (Phi) is 2.90. The quantitative estimate of drug-likeness (QED) is 0.864. The highest BCUT2D eigenvalue weighted by Gasteiger charge is 2.24. The number of aromatic nitrogens is 3. The number of rotatable bonds is 3. The van der Waals surface area contributed by atoms with Crippen LogP contribution in [0.3, 0.4) is 0 Å². The highest BCUT2D eigenvalue weighted by molar-refractivity contribution is 7.99. The van der Waals surface area contributed by atoms with E-state index in [1.165, 1.54) is 30.2 Å². The molecule has 1 N–H and O–H groups in total. The van der Waals surface area contributed by atoms with Crippen LogP contribution in [0.4, 0.5) is 0 Å². The lowest BCUT2D eigenvalue weighted by atomic mass is 10.2. The van der Waals surface area contributed by atoms with E-state index in [1.807, 2.05) is 11.8 Å². The van der Waals surface area contributed by atoms with E-state index in [1.54, 1.807) is 0 Å². The fourth-order valence-electron chi connectivity index (χ4n) is 2.59. The van der Waals surface area contributed by atoms with Gasteiger partial charge in [-0.1, -0.05) is 0 Å². The molecule has 5 heteroatoms. The van der Waals surface area contributed by atoms with Crippen LogP contribution in [0.15, 0.2) is 0 Å². The summed E-state index contributed by atoms with van der Waals surface area (Å²) in [6.07, 6.45) is 3.61. The lowest BCUT2D eigenvalue weighted by Crippen LogP contribution is -2.32. The van der Waals surface area contributed by atoms with Crippen LogP contribution in [0.2, 0.25) is 0 Å². The standard InChI is InChI=1S/C11H18N4S/c1-8(12-9-4-6-16-7-9)11-14-13-10-3-2-5-15(10)11/h8-9,12H,2-7H2,1H3. The third-order valence-corrected chi connectivity index (χ3v) is 4.60. The number of thioether (sulfide) groups is 1. The van der Waals surface area contributed by atoms with Gasteiger partial charge in [0.05, 0.1) is 6.04 Å². The van der Waals surface area contributed by atoms with Crippen molar-refractivity contribution in [2.45, 2.75) is 44.8 Å². The molecular weight excluding hydrogens is 220 g/mol. The minimum Gasteiger partial charge on any atom is -0.314 e. The van der Waals surface area contributed by atoms with Gasteiger partial charge in [-0.3, -0.25) is 0 Å². The van der Waals surface area contributed by atoms with E-state index in [0.717, 1.165) is 18.8 Å². The van der Waals surface area contributed by atoms with Crippen molar-refractivity contribution in [3.8, 4) is 0 Å². The normalized spacial score (nSPS) is 25.9. The highest BCUT2D eigenvalue weighted by atomic mass is 32.2. The molecule has 1 aromatic rings. The number of hydrogen-bond donors (Lipinski definition) is 1. The molecule has 3 heterocycles. The number of hydrogen-bond acceptors (Lipinski definition) is 4. The lowest BCUT2D eigenvalue weighted by molar-refractivity contribution is 0.454. The van der Waals surface area contributed by atoms with Crippen LogP contribution in [0.25, 0.3) is 0 Å². The Labute approximate surface area is 100 Å². The van der Waals surface area contributed by atoms with E-state index in [4.69, 9.17) is 0 Å². The van der Waals surface area contributed by atoms with E-state index in [2.05, 4.69) is 27.0 Å². The summed E-state index contributed by atoms with van der Waals surface area (Å²) in [7, 11) is 0. The molecule has 0 bridgehead atoms. The molecule has 1 fully saturated rings. The average Bonchev–Trinajstić information content (AvgIpc) is 2.92. The first-order valence-corrected chi connectivity index (χ1v) is 7.26. The Balaban J connectivity index is 1.71. The zero-order valence-corrected chi connectivity index (χ0v) is 10.5. The van der Waals surface area contributed by atoms with Crippen LogP contribution in [-0.2, 0) is 13.0 Å². The van der Waals surface area contributed by atoms with E-state index >= 15 is 0 Å². The minimum atomic E-state index is 0.336. The summed E-state index contributed by atoms with van der Waals surface area (Å²) in [6, 6.07) is 0.998. The molecule has 0 aliphatic carbocycles. The summed E-state index contributed by atoms with van der Waals surface area (Å²) >= 11 is 2.04. The van der Waals surface area contributed by atoms with E-state index in [-0.39, 0.29) is 0 Å². The van der Waals surface area contributed by atoms with Gasteiger partial charge in [-0.25, -0.2) is 0 Å². The van der Waals surface area contributed by atoms with Crippen molar-refractivity contribution >= 4 is 11.8 Å². The predicted octanol–water partition coefficient (Wildman–Crippen LogP) is 1.38. The van der Waals surface area contributed by atoms with Crippen molar-refractivity contribution in [2.75, 3.05) is 11.5 Å². The number of fused-ring (bicyclic) bond motifs is 1. The second kappa shape index (κ2) is 4.37. The van der Waals surface area contributed by atoms with Crippen molar-refractivity contribution in [1.29, 1.82) is 0 Å². The van der Waals surface area contributed by atoms with Crippen molar-refractivity contribution in [2.24, 2.45) is 0 Å². The summed E-state index contributed by atoms with van der Waals surface area (Å²) in [5.74, 6) is 4.84. The molecule has 88 valence electrons. The Hall–Kier alpha value is -0.550. The predicted molar refractivity (Wildman–Crippen MR) is 65.6 cm³/mol. The Morgan fingerprint density at radius 1 is 1.50 bits per heavy atom. The number of nitrogens with zero attached hydrogens (tertiary/aromatic N) is 3. The molecule has 0 spiro atoms. The second-order valence-corrected chi connectivity index (χ2v) is 5.83. The average molecular weight is 238 g/mol. The topological polar surface area (TPSA) is 42.7 Å². The maximum Gasteiger partial charge on any atom is 0.149 e. The van der Waals surface area contributed by atoms with Gasteiger partial charge in [-0.15, -0.1) is 10.2 Å². The van der Waals surface area contributed by atoms with Gasteiger partial charge < -0.3 is 9.88 Å². The van der Waals surface area contributed by atoms with Gasteiger partial charge in [-0.05, 0) is 25.5 Å². The van der Waals surface area contributed by atoms with Gasteiger partial charge in [0.25, 0.3) is 0 Å². The molecule has 0 amide bonds. The molecule has 3 rings (SSSR count). The van der Waals surface area contributed by atoms with Crippen LogP contribution in [0.1, 0.15) is 37.5 Å². The van der Waals surface area contributed by atoms with Crippen molar-refractivity contribution < 1.29 is 0 Å². The lowest BCUT2D eigenvalue weighted by Gasteiger charge is -2.18. The van der Waals surface area contributed by atoms with Gasteiger partial charge in [0, 0.05) is 24.8 Å². The monoisotopic (exact) mass is 238 g/mol. The molecular formula is C11H18N4S. The van der Waals surface area contributed by atoms with E-state index < -0.39 is 0 Å². The summed E-state index contributed by atoms with van der Waals surface area (Å²) in [6.45, 7) is 3.31. The Morgan fingerprint density at radius 3 is 3.25 bits per heavy atom. The molecule has 2 aliphatic rings. The highest BCUT2D eigenvalue weighted by Crippen LogP contribution is 2.22. The van der Waals surface area contributed by atoms with Gasteiger partial charge in [-0.2, -0.15) is 11.8 Å². The SMILES string of the molecule is CC(NC1CCSC1)c1nnc2n1CCC2. The first-order chi connectivity index (χ1) is 7.84. The number of aryl methyl sites for hydroxylation is 1. The zero-order chi connectivity index (χ0) is 11.0. The van der Waals surface area contributed by atoms with Crippen LogP contribution in [0.5, 0.6) is 0 Å². The third-order valence-electron chi connectivity index (χ3n) is 3.44. The fourth-order valence-corrected chi connectivity index (χ4v) is 3.75. The van der Waals surface area contributed by atoms with E-state index in [0.29, 0.717) is 12.1 Å². The molecule has 4 nitrogen and oxygen atoms in total. The fraction of sp³-hybridized carbons (Fsp3) is 0.818. The molecule has 1 aromatic heterocycles. The number of nitrogens with one attached hydrogen (secondary N) is 1. The summed E-state index contributed by atoms with van der Waals surface area (Å²) in [5.41, 5.74) is 0. The third kappa shape index (κ3) is 1.86. The molecule has 2 atom stereocenters. The smallest absolute Gasteiger partial charge is 0.149 e. The summed E-state index contributed by atoms with van der Waals surface area (Å²) in [4.78, 5) is 0. The van der Waals surface area contributed by atoms with Gasteiger partial charge in [0.15, 0.2) is 0 Å². The molecule has 2 aliphatic heterocycles. The second-order valence-electron chi connectivity index (χ2n) is 4.68. The Morgan fingerprint density at radius 2 is 2.44 bits per heavy atom. The van der Waals surface area contributed by atoms with Crippen LogP contribution < -0.4 is 5.32 Å². The first-order valence-electron chi connectivity index (χ1n) is 6.10. The van der Waals surface area contributed by atoms with Crippen molar-refractivity contribution in [3.63, 3.8) is 0 Å². The minimum absolute atomic E-state index is 0.336. The van der Waals surface area contributed by atoms with Crippen LogP contribution >= 0.6 is 11.8 Å². The van der Waals surface area contributed by atoms with Gasteiger partial charge in [0.2, 0.25) is 0 Å². The Bertz CT molecular complexity index is 370. The largest absolute Gasteiger partial charge is 0.314 e. The summed E-state index contributed by atoms with van der Waals surface area (Å²) < 4.78 is 2.29. The molecule has 0 aromatic carbocycles.